The molecule has 0 bridgehead atoms. The highest BCUT2D eigenvalue weighted by Crippen LogP contribution is 2.41. The van der Waals surface area contributed by atoms with Crippen LogP contribution in [-0.2, 0) is 0 Å². The standard InChI is InChI=1S/C58H36N4/c1-3-15-37(16-4-1)42-31-43(38-17-5-2-6-18-38)33-44(32-42)57-59-51-25-13-11-23-47(51)58(60-57)62-53-30-28-45(36-50(53)49-34-40-20-7-8-21-41(40)35-55(49)62)61-52-26-14-12-24-48(52)56-46-22-10-9-19-39(46)27-29-54(56)61/h1-36H. The maximum absolute atomic E-state index is 5.59. The Morgan fingerprint density at radius 1 is 0.290 bits per heavy atom. The predicted molar refractivity (Wildman–Crippen MR) is 260 cm³/mol. The van der Waals surface area contributed by atoms with Crippen molar-refractivity contribution >= 4 is 76.1 Å². The first-order chi connectivity index (χ1) is 30.7. The largest absolute Gasteiger partial charge is 0.309 e. The van der Waals surface area contributed by atoms with Crippen LogP contribution in [0.5, 0.6) is 0 Å². The minimum Gasteiger partial charge on any atom is -0.309 e. The number of hydrogen-bond acceptors (Lipinski definition) is 2. The molecular weight excluding hydrogens is 753 g/mol. The molecule has 3 heterocycles. The number of benzene rings is 10. The summed E-state index contributed by atoms with van der Waals surface area (Å²) in [6.45, 7) is 0. The summed E-state index contributed by atoms with van der Waals surface area (Å²) in [5.74, 6) is 1.53. The number of aromatic nitrogens is 4. The van der Waals surface area contributed by atoms with Gasteiger partial charge < -0.3 is 4.57 Å². The fourth-order valence-corrected chi connectivity index (χ4v) is 9.79. The topological polar surface area (TPSA) is 35.6 Å². The lowest BCUT2D eigenvalue weighted by Gasteiger charge is -2.15. The van der Waals surface area contributed by atoms with Crippen LogP contribution in [0.3, 0.4) is 0 Å². The second-order valence-corrected chi connectivity index (χ2v) is 16.2. The quantitative estimate of drug-likeness (QED) is 0.174. The van der Waals surface area contributed by atoms with Crippen LogP contribution in [0.25, 0.3) is 121 Å². The van der Waals surface area contributed by atoms with Crippen molar-refractivity contribution in [1.29, 1.82) is 0 Å². The number of nitrogens with zero attached hydrogens (tertiary/aromatic N) is 4. The van der Waals surface area contributed by atoms with Crippen molar-refractivity contribution in [3.05, 3.63) is 218 Å². The minimum absolute atomic E-state index is 0.679. The van der Waals surface area contributed by atoms with Crippen LogP contribution in [0, 0.1) is 0 Å². The molecule has 0 unspecified atom stereocenters. The van der Waals surface area contributed by atoms with E-state index in [9.17, 15) is 0 Å². The van der Waals surface area contributed by atoms with E-state index >= 15 is 0 Å². The third-order valence-corrected chi connectivity index (χ3v) is 12.6. The molecule has 0 spiro atoms. The highest BCUT2D eigenvalue weighted by atomic mass is 15.1. The molecule has 0 aliphatic heterocycles. The molecule has 0 fully saturated rings. The maximum Gasteiger partial charge on any atom is 0.162 e. The van der Waals surface area contributed by atoms with Crippen molar-refractivity contribution in [2.45, 2.75) is 0 Å². The Kier molecular flexibility index (Phi) is 7.57. The van der Waals surface area contributed by atoms with Crippen molar-refractivity contribution in [2.24, 2.45) is 0 Å². The van der Waals surface area contributed by atoms with E-state index in [4.69, 9.17) is 9.97 Å². The second-order valence-electron chi connectivity index (χ2n) is 16.2. The SMILES string of the molecule is c1ccc(-c2cc(-c3ccccc3)cc(-c3nc(-n4c5ccc(-n6c7ccccc7c7c8ccccc8ccc76)cc5c5cc6ccccc6cc54)c4ccccc4n3)c2)cc1. The Morgan fingerprint density at radius 3 is 1.61 bits per heavy atom. The van der Waals surface area contributed by atoms with Gasteiger partial charge in [-0.1, -0.05) is 146 Å². The van der Waals surface area contributed by atoms with Gasteiger partial charge >= 0.3 is 0 Å². The summed E-state index contributed by atoms with van der Waals surface area (Å²) in [5, 5.41) is 10.7. The Hall–Kier alpha value is -8.34. The Bertz CT molecular complexity index is 3860. The van der Waals surface area contributed by atoms with Crippen LogP contribution < -0.4 is 0 Å². The molecular formula is C58H36N4. The number of hydrogen-bond donors (Lipinski definition) is 0. The predicted octanol–water partition coefficient (Wildman–Crippen LogP) is 15.1. The third-order valence-electron chi connectivity index (χ3n) is 12.6. The van der Waals surface area contributed by atoms with E-state index in [1.54, 1.807) is 0 Å². The molecule has 0 radical (unpaired) electrons. The van der Waals surface area contributed by atoms with Crippen molar-refractivity contribution in [1.82, 2.24) is 19.1 Å². The number of rotatable bonds is 5. The Balaban J connectivity index is 1.09. The van der Waals surface area contributed by atoms with Gasteiger partial charge in [-0.3, -0.25) is 4.57 Å². The second kappa shape index (κ2) is 13.6. The van der Waals surface area contributed by atoms with Crippen molar-refractivity contribution < 1.29 is 0 Å². The first kappa shape index (κ1) is 34.5. The van der Waals surface area contributed by atoms with Gasteiger partial charge in [-0.15, -0.1) is 0 Å². The summed E-state index contributed by atoms with van der Waals surface area (Å²) >= 11 is 0. The van der Waals surface area contributed by atoms with Gasteiger partial charge in [-0.2, -0.15) is 0 Å². The van der Waals surface area contributed by atoms with Crippen LogP contribution in [-0.4, -0.2) is 19.1 Å². The van der Waals surface area contributed by atoms with E-state index in [2.05, 4.69) is 228 Å². The van der Waals surface area contributed by atoms with Crippen LogP contribution >= 0.6 is 0 Å². The number of para-hydroxylation sites is 2. The molecule has 4 nitrogen and oxygen atoms in total. The van der Waals surface area contributed by atoms with Gasteiger partial charge in [0.05, 0.1) is 27.6 Å². The van der Waals surface area contributed by atoms with Gasteiger partial charge in [0, 0.05) is 38.2 Å². The minimum atomic E-state index is 0.679. The first-order valence-corrected chi connectivity index (χ1v) is 21.2. The monoisotopic (exact) mass is 788 g/mol. The molecule has 0 atom stereocenters. The van der Waals surface area contributed by atoms with E-state index in [-0.39, 0.29) is 0 Å². The molecule has 13 rings (SSSR count). The molecule has 0 N–H and O–H groups in total. The van der Waals surface area contributed by atoms with Crippen molar-refractivity contribution in [3.8, 4) is 45.1 Å². The van der Waals surface area contributed by atoms with E-state index in [0.717, 1.165) is 66.6 Å². The van der Waals surface area contributed by atoms with Gasteiger partial charge in [0.15, 0.2) is 5.82 Å². The van der Waals surface area contributed by atoms with Gasteiger partial charge in [-0.25, -0.2) is 9.97 Å². The fourth-order valence-electron chi connectivity index (χ4n) is 9.79. The van der Waals surface area contributed by atoms with Gasteiger partial charge in [0.1, 0.15) is 5.82 Å². The van der Waals surface area contributed by atoms with E-state index in [0.29, 0.717) is 5.82 Å². The lowest BCUT2D eigenvalue weighted by Crippen LogP contribution is -2.03. The first-order valence-electron chi connectivity index (χ1n) is 21.2. The van der Waals surface area contributed by atoms with Crippen molar-refractivity contribution in [3.63, 3.8) is 0 Å². The molecule has 288 valence electrons. The smallest absolute Gasteiger partial charge is 0.162 e. The van der Waals surface area contributed by atoms with Crippen molar-refractivity contribution in [2.75, 3.05) is 0 Å². The number of fused-ring (bicyclic) bond motifs is 10. The average Bonchev–Trinajstić information content (AvgIpc) is 3.85. The zero-order valence-electron chi connectivity index (χ0n) is 33.6. The van der Waals surface area contributed by atoms with Gasteiger partial charge in [-0.05, 0) is 117 Å². The molecule has 3 aromatic heterocycles. The Morgan fingerprint density at radius 2 is 0.855 bits per heavy atom. The summed E-state index contributed by atoms with van der Waals surface area (Å²) < 4.78 is 4.80. The summed E-state index contributed by atoms with van der Waals surface area (Å²) in [7, 11) is 0. The summed E-state index contributed by atoms with van der Waals surface area (Å²) in [6, 6.07) is 78.6. The summed E-state index contributed by atoms with van der Waals surface area (Å²) in [4.78, 5) is 10.9. The lowest BCUT2D eigenvalue weighted by molar-refractivity contribution is 1.07. The summed E-state index contributed by atoms with van der Waals surface area (Å²) in [5.41, 5.74) is 12.1. The fraction of sp³-hybridized carbons (Fsp3) is 0. The molecule has 62 heavy (non-hydrogen) atoms. The lowest BCUT2D eigenvalue weighted by atomic mass is 9.96. The highest BCUT2D eigenvalue weighted by Gasteiger charge is 2.21. The van der Waals surface area contributed by atoms with Gasteiger partial charge in [0.2, 0.25) is 0 Å². The summed E-state index contributed by atoms with van der Waals surface area (Å²) in [6.07, 6.45) is 0. The van der Waals surface area contributed by atoms with Crippen LogP contribution in [0.1, 0.15) is 0 Å². The highest BCUT2D eigenvalue weighted by molar-refractivity contribution is 6.22. The molecule has 4 heteroatoms. The van der Waals surface area contributed by atoms with E-state index < -0.39 is 0 Å². The zero-order chi connectivity index (χ0) is 40.7. The van der Waals surface area contributed by atoms with Crippen LogP contribution in [0.4, 0.5) is 0 Å². The Labute approximate surface area is 357 Å². The molecule has 0 aliphatic rings. The molecule has 0 saturated heterocycles. The average molecular weight is 789 g/mol. The molecule has 0 amide bonds. The zero-order valence-corrected chi connectivity index (χ0v) is 33.6. The van der Waals surface area contributed by atoms with Crippen LogP contribution in [0.15, 0.2) is 218 Å². The molecule has 10 aromatic carbocycles. The molecule has 0 saturated carbocycles. The van der Waals surface area contributed by atoms with E-state index in [1.807, 2.05) is 0 Å². The molecule has 13 aromatic rings. The maximum atomic E-state index is 5.59. The van der Waals surface area contributed by atoms with Gasteiger partial charge in [0.25, 0.3) is 0 Å². The third kappa shape index (κ3) is 5.33. The molecule has 0 aliphatic carbocycles. The van der Waals surface area contributed by atoms with E-state index in [1.165, 1.54) is 48.7 Å². The van der Waals surface area contributed by atoms with Crippen LogP contribution in [0.2, 0.25) is 0 Å². The normalized spacial score (nSPS) is 11.9.